The van der Waals surface area contributed by atoms with E-state index in [1.165, 1.54) is 4.90 Å². The topological polar surface area (TPSA) is 44.1 Å². The maximum absolute atomic E-state index is 12.7. The summed E-state index contributed by atoms with van der Waals surface area (Å²) in [4.78, 5) is 13.5. The van der Waals surface area contributed by atoms with Crippen molar-refractivity contribution in [1.29, 1.82) is 5.26 Å². The average molecular weight is 274 g/mol. The molecule has 0 aromatic rings. The Bertz CT molecular complexity index is 407. The lowest BCUT2D eigenvalue weighted by atomic mass is 9.62. The van der Waals surface area contributed by atoms with Crippen LogP contribution in [-0.4, -0.2) is 30.1 Å². The molecule has 1 heterocycles. The Labute approximate surface area is 110 Å². The zero-order valence-corrected chi connectivity index (χ0v) is 10.8. The van der Waals surface area contributed by atoms with E-state index in [1.54, 1.807) is 0 Å². The first kappa shape index (κ1) is 14.2. The highest BCUT2D eigenvalue weighted by Crippen LogP contribution is 2.47. The number of alkyl halides is 3. The molecule has 2 fully saturated rings. The van der Waals surface area contributed by atoms with E-state index in [2.05, 4.69) is 0 Å². The molecule has 2 aliphatic rings. The predicted octanol–water partition coefficient (Wildman–Crippen LogP) is 2.73. The van der Waals surface area contributed by atoms with Crippen LogP contribution in [0.1, 0.15) is 32.6 Å². The number of nitrogens with zero attached hydrogens (tertiary/aromatic N) is 2. The summed E-state index contributed by atoms with van der Waals surface area (Å²) < 4.78 is 38.1. The minimum absolute atomic E-state index is 0.0727. The van der Waals surface area contributed by atoms with Gasteiger partial charge in [0.2, 0.25) is 5.91 Å². The second kappa shape index (κ2) is 4.69. The molecule has 0 aromatic heterocycles. The third kappa shape index (κ3) is 2.56. The summed E-state index contributed by atoms with van der Waals surface area (Å²) in [6.45, 7) is 1.99. The fourth-order valence-electron chi connectivity index (χ4n) is 3.18. The fraction of sp³-hybridized carbons (Fsp3) is 0.846. The van der Waals surface area contributed by atoms with Gasteiger partial charge in [0.1, 0.15) is 5.41 Å². The van der Waals surface area contributed by atoms with Crippen LogP contribution in [0.25, 0.3) is 0 Å². The molecule has 0 spiro atoms. The average Bonchev–Trinajstić information content (AvgIpc) is 2.33. The van der Waals surface area contributed by atoms with E-state index >= 15 is 0 Å². The largest absolute Gasteiger partial charge is 0.393 e. The molecule has 1 amide bonds. The lowest BCUT2D eigenvalue weighted by Crippen LogP contribution is -2.54. The molecule has 106 valence electrons. The van der Waals surface area contributed by atoms with E-state index < -0.39 is 23.4 Å². The van der Waals surface area contributed by atoms with Gasteiger partial charge in [-0.1, -0.05) is 6.92 Å². The van der Waals surface area contributed by atoms with Gasteiger partial charge in [0, 0.05) is 13.1 Å². The molecule has 1 aliphatic heterocycles. The summed E-state index contributed by atoms with van der Waals surface area (Å²) in [6.07, 6.45) is -2.90. The second-order valence-electron chi connectivity index (χ2n) is 5.84. The van der Waals surface area contributed by atoms with Crippen molar-refractivity contribution in [1.82, 2.24) is 4.90 Å². The molecule has 1 saturated heterocycles. The molecule has 1 unspecified atom stereocenters. The summed E-state index contributed by atoms with van der Waals surface area (Å²) in [5.74, 6) is -1.55. The lowest BCUT2D eigenvalue weighted by Gasteiger charge is -2.44. The van der Waals surface area contributed by atoms with Crippen molar-refractivity contribution >= 4 is 5.91 Å². The number of halogens is 3. The number of likely N-dealkylation sites (tertiary alicyclic amines) is 1. The molecule has 6 heteroatoms. The number of amides is 1. The first-order chi connectivity index (χ1) is 8.78. The minimum atomic E-state index is -4.26. The highest BCUT2D eigenvalue weighted by molar-refractivity contribution is 5.86. The number of nitriles is 1. The van der Waals surface area contributed by atoms with Crippen molar-refractivity contribution in [3.63, 3.8) is 0 Å². The van der Waals surface area contributed by atoms with E-state index in [-0.39, 0.29) is 13.0 Å². The van der Waals surface area contributed by atoms with Crippen molar-refractivity contribution < 1.29 is 18.0 Å². The number of hydrogen-bond acceptors (Lipinski definition) is 2. The summed E-state index contributed by atoms with van der Waals surface area (Å²) in [5, 5.41) is 9.16. The SMILES string of the molecule is CC1CC(C#N)(C(=O)N2CCCC(C(F)(F)F)C2)C1. The van der Waals surface area contributed by atoms with Crippen molar-refractivity contribution in [3.05, 3.63) is 0 Å². The van der Waals surface area contributed by atoms with E-state index in [4.69, 9.17) is 5.26 Å². The Morgan fingerprint density at radius 1 is 1.42 bits per heavy atom. The molecule has 0 N–H and O–H groups in total. The number of rotatable bonds is 1. The van der Waals surface area contributed by atoms with Crippen LogP contribution in [-0.2, 0) is 4.79 Å². The first-order valence-electron chi connectivity index (χ1n) is 6.56. The van der Waals surface area contributed by atoms with Gasteiger partial charge in [-0.05, 0) is 31.6 Å². The highest BCUT2D eigenvalue weighted by Gasteiger charge is 2.52. The van der Waals surface area contributed by atoms with Gasteiger partial charge < -0.3 is 4.90 Å². The standard InChI is InChI=1S/C13H17F3N2O/c1-9-5-12(6-9,8-17)11(19)18-4-2-3-10(7-18)13(14,15)16/h9-10H,2-7H2,1H3. The van der Waals surface area contributed by atoms with Gasteiger partial charge >= 0.3 is 6.18 Å². The predicted molar refractivity (Wildman–Crippen MR) is 61.8 cm³/mol. The molecule has 0 aromatic carbocycles. The highest BCUT2D eigenvalue weighted by atomic mass is 19.4. The van der Waals surface area contributed by atoms with Crippen LogP contribution in [0.4, 0.5) is 13.2 Å². The Balaban J connectivity index is 2.06. The van der Waals surface area contributed by atoms with Gasteiger partial charge in [0.25, 0.3) is 0 Å². The number of carbonyl (C=O) groups excluding carboxylic acids is 1. The van der Waals surface area contributed by atoms with E-state index in [1.807, 2.05) is 13.0 Å². The van der Waals surface area contributed by atoms with Crippen LogP contribution in [0.5, 0.6) is 0 Å². The zero-order valence-electron chi connectivity index (χ0n) is 10.8. The number of carbonyl (C=O) groups is 1. The van der Waals surface area contributed by atoms with Crippen LogP contribution in [0, 0.1) is 28.6 Å². The Hall–Kier alpha value is -1.25. The maximum Gasteiger partial charge on any atom is 0.393 e. The van der Waals surface area contributed by atoms with Gasteiger partial charge in [0.15, 0.2) is 0 Å². The zero-order chi connectivity index (χ0) is 14.3. The molecule has 1 atom stereocenters. The van der Waals surface area contributed by atoms with Crippen molar-refractivity contribution in [3.8, 4) is 6.07 Å². The monoisotopic (exact) mass is 274 g/mol. The molecular weight excluding hydrogens is 257 g/mol. The Kier molecular flexibility index (Phi) is 3.50. The summed E-state index contributed by atoms with van der Waals surface area (Å²) in [7, 11) is 0. The molecule has 1 saturated carbocycles. The van der Waals surface area contributed by atoms with Crippen LogP contribution in [0.2, 0.25) is 0 Å². The third-order valence-electron chi connectivity index (χ3n) is 4.19. The fourth-order valence-corrected chi connectivity index (χ4v) is 3.18. The quantitative estimate of drug-likeness (QED) is 0.738. The van der Waals surface area contributed by atoms with Gasteiger partial charge in [-0.3, -0.25) is 4.79 Å². The second-order valence-corrected chi connectivity index (χ2v) is 5.84. The summed E-state index contributed by atoms with van der Waals surface area (Å²) in [6, 6.07) is 2.02. The summed E-state index contributed by atoms with van der Waals surface area (Å²) >= 11 is 0. The minimum Gasteiger partial charge on any atom is -0.341 e. The molecule has 3 nitrogen and oxygen atoms in total. The molecule has 1 aliphatic carbocycles. The third-order valence-corrected chi connectivity index (χ3v) is 4.19. The van der Waals surface area contributed by atoms with Crippen LogP contribution < -0.4 is 0 Å². The Morgan fingerprint density at radius 2 is 2.05 bits per heavy atom. The first-order valence-corrected chi connectivity index (χ1v) is 6.56. The van der Waals surface area contributed by atoms with Crippen LogP contribution in [0.15, 0.2) is 0 Å². The summed E-state index contributed by atoms with van der Waals surface area (Å²) in [5.41, 5.74) is -1.06. The maximum atomic E-state index is 12.7. The van der Waals surface area contributed by atoms with E-state index in [0.717, 1.165) is 0 Å². The van der Waals surface area contributed by atoms with Gasteiger partial charge in [-0.25, -0.2) is 0 Å². The van der Waals surface area contributed by atoms with Crippen molar-refractivity contribution in [2.24, 2.45) is 17.3 Å². The van der Waals surface area contributed by atoms with Gasteiger partial charge in [0.05, 0.1) is 12.0 Å². The molecule has 0 bridgehead atoms. The van der Waals surface area contributed by atoms with Crippen molar-refractivity contribution in [2.45, 2.75) is 38.8 Å². The van der Waals surface area contributed by atoms with E-state index in [9.17, 15) is 18.0 Å². The van der Waals surface area contributed by atoms with Gasteiger partial charge in [-0.2, -0.15) is 18.4 Å². The molecule has 2 rings (SSSR count). The smallest absolute Gasteiger partial charge is 0.341 e. The molecular formula is C13H17F3N2O. The molecule has 19 heavy (non-hydrogen) atoms. The van der Waals surface area contributed by atoms with Gasteiger partial charge in [-0.15, -0.1) is 0 Å². The van der Waals surface area contributed by atoms with E-state index in [0.29, 0.717) is 31.7 Å². The Morgan fingerprint density at radius 3 is 2.53 bits per heavy atom. The van der Waals surface area contributed by atoms with Crippen LogP contribution >= 0.6 is 0 Å². The number of hydrogen-bond donors (Lipinski definition) is 0. The van der Waals surface area contributed by atoms with Crippen LogP contribution in [0.3, 0.4) is 0 Å². The lowest BCUT2D eigenvalue weighted by molar-refractivity contribution is -0.190. The van der Waals surface area contributed by atoms with Crippen molar-refractivity contribution in [2.75, 3.05) is 13.1 Å². The number of piperidine rings is 1. The normalized spacial score (nSPS) is 35.4. The molecule has 0 radical (unpaired) electrons.